The van der Waals surface area contributed by atoms with Gasteiger partial charge in [-0.1, -0.05) is 13.8 Å². The third-order valence-electron chi connectivity index (χ3n) is 2.12. The van der Waals surface area contributed by atoms with Gasteiger partial charge in [0.05, 0.1) is 12.0 Å². The number of hydrogen-bond donors (Lipinski definition) is 0. The maximum absolute atomic E-state index is 2.38. The molecule has 0 N–H and O–H groups in total. The van der Waals surface area contributed by atoms with E-state index in [0.29, 0.717) is 0 Å². The lowest BCUT2D eigenvalue weighted by atomic mass is 9.83. The zero-order chi connectivity index (χ0) is 7.40. The number of allylic oxidation sites excluding steroid dienone is 2. The second kappa shape index (κ2) is 3.70. The Labute approximate surface area is 64.3 Å². The van der Waals surface area contributed by atoms with Crippen LogP contribution in [0.3, 0.4) is 0 Å². The molecule has 0 spiro atoms. The van der Waals surface area contributed by atoms with Crippen LogP contribution in [-0.2, 0) is 0 Å². The zero-order valence-corrected chi connectivity index (χ0v) is 7.11. The van der Waals surface area contributed by atoms with E-state index >= 15 is 0 Å². The summed E-state index contributed by atoms with van der Waals surface area (Å²) in [5, 5.41) is 0. The monoisotopic (exact) mass is 137 g/mol. The molecule has 0 fully saturated rings. The first-order chi connectivity index (χ1) is 4.88. The molecule has 1 aliphatic rings. The van der Waals surface area contributed by atoms with E-state index in [9.17, 15) is 0 Å². The Bertz CT molecular complexity index is 115. The van der Waals surface area contributed by atoms with Gasteiger partial charge in [0.15, 0.2) is 0 Å². The zero-order valence-electron chi connectivity index (χ0n) is 7.11. The molecule has 10 heavy (non-hydrogen) atoms. The first kappa shape index (κ1) is 7.71. The van der Waals surface area contributed by atoms with Crippen molar-refractivity contribution in [2.45, 2.75) is 46.0 Å². The Balaban J connectivity index is 2.34. The largest absolute Gasteiger partial charge is 0.118 e. The van der Waals surface area contributed by atoms with Crippen molar-refractivity contribution in [3.05, 3.63) is 17.6 Å². The molecule has 0 amide bonds. The molecule has 0 aliphatic heterocycles. The van der Waals surface area contributed by atoms with Crippen molar-refractivity contribution in [1.29, 1.82) is 0 Å². The molecule has 56 valence electrons. The summed E-state index contributed by atoms with van der Waals surface area (Å²) in [6.07, 6.45) is 8.94. The van der Waals surface area contributed by atoms with Gasteiger partial charge < -0.3 is 0 Å². The SMILES string of the molecule is CCCC1=C(CCC)C[CH+]1. The van der Waals surface area contributed by atoms with E-state index in [0.717, 1.165) is 0 Å². The van der Waals surface area contributed by atoms with Gasteiger partial charge in [0.25, 0.3) is 0 Å². The fraction of sp³-hybridized carbons (Fsp3) is 0.700. The van der Waals surface area contributed by atoms with E-state index in [1.807, 2.05) is 0 Å². The third kappa shape index (κ3) is 1.56. The van der Waals surface area contributed by atoms with Crippen molar-refractivity contribution < 1.29 is 0 Å². The lowest BCUT2D eigenvalue weighted by Gasteiger charge is -2.11. The van der Waals surface area contributed by atoms with Crippen molar-refractivity contribution in [3.63, 3.8) is 0 Å². The van der Waals surface area contributed by atoms with Gasteiger partial charge in [-0.25, -0.2) is 0 Å². The molecule has 0 heterocycles. The minimum atomic E-state index is 1.28. The van der Waals surface area contributed by atoms with Gasteiger partial charge in [0.1, 0.15) is 12.0 Å². The lowest BCUT2D eigenvalue weighted by molar-refractivity contribution is 0.756. The van der Waals surface area contributed by atoms with Crippen LogP contribution >= 0.6 is 0 Å². The lowest BCUT2D eigenvalue weighted by Crippen LogP contribution is -2.04. The Morgan fingerprint density at radius 3 is 2.30 bits per heavy atom. The maximum atomic E-state index is 2.38. The summed E-state index contributed by atoms with van der Waals surface area (Å²) < 4.78 is 0. The van der Waals surface area contributed by atoms with Crippen LogP contribution < -0.4 is 0 Å². The highest BCUT2D eigenvalue weighted by Crippen LogP contribution is 2.32. The van der Waals surface area contributed by atoms with Crippen LogP contribution in [0.25, 0.3) is 0 Å². The van der Waals surface area contributed by atoms with Gasteiger partial charge in [-0.2, -0.15) is 0 Å². The summed E-state index contributed by atoms with van der Waals surface area (Å²) in [7, 11) is 0. The standard InChI is InChI=1S/C10H17/c1-3-5-9-7-8-10(9)6-4-2/h7H,3-6,8H2,1-2H3/q+1. The molecular weight excluding hydrogens is 120 g/mol. The fourth-order valence-corrected chi connectivity index (χ4v) is 1.50. The highest BCUT2D eigenvalue weighted by Gasteiger charge is 2.26. The van der Waals surface area contributed by atoms with Crippen molar-refractivity contribution in [3.8, 4) is 0 Å². The van der Waals surface area contributed by atoms with Gasteiger partial charge in [-0.3, -0.25) is 0 Å². The van der Waals surface area contributed by atoms with E-state index in [1.165, 1.54) is 32.1 Å². The fourth-order valence-electron chi connectivity index (χ4n) is 1.50. The molecule has 0 heteroatoms. The van der Waals surface area contributed by atoms with Crippen LogP contribution in [0, 0.1) is 6.42 Å². The summed E-state index contributed by atoms with van der Waals surface area (Å²) in [5.74, 6) is 0. The summed E-state index contributed by atoms with van der Waals surface area (Å²) in [4.78, 5) is 0. The summed E-state index contributed by atoms with van der Waals surface area (Å²) in [6, 6.07) is 0. The van der Waals surface area contributed by atoms with Crippen molar-refractivity contribution in [1.82, 2.24) is 0 Å². The second-order valence-corrected chi connectivity index (χ2v) is 3.04. The Morgan fingerprint density at radius 2 is 1.90 bits per heavy atom. The maximum Gasteiger partial charge on any atom is 0.118 e. The average Bonchev–Trinajstić information content (AvgIpc) is 1.93. The Morgan fingerprint density at radius 1 is 1.20 bits per heavy atom. The molecule has 0 unspecified atom stereocenters. The van der Waals surface area contributed by atoms with E-state index in [2.05, 4.69) is 20.3 Å². The molecule has 0 aromatic heterocycles. The minimum Gasteiger partial charge on any atom is -0.0649 e. The Hall–Kier alpha value is -0.390. The van der Waals surface area contributed by atoms with E-state index in [4.69, 9.17) is 0 Å². The third-order valence-corrected chi connectivity index (χ3v) is 2.12. The average molecular weight is 137 g/mol. The van der Waals surface area contributed by atoms with Gasteiger partial charge >= 0.3 is 0 Å². The summed E-state index contributed by atoms with van der Waals surface area (Å²) >= 11 is 0. The highest BCUT2D eigenvalue weighted by atomic mass is 14.2. The van der Waals surface area contributed by atoms with Gasteiger partial charge in [0, 0.05) is 12.8 Å². The predicted octanol–water partition coefficient (Wildman–Crippen LogP) is 3.49. The van der Waals surface area contributed by atoms with Gasteiger partial charge in [0.2, 0.25) is 0 Å². The molecule has 0 nitrogen and oxygen atoms in total. The van der Waals surface area contributed by atoms with Crippen molar-refractivity contribution in [2.24, 2.45) is 0 Å². The van der Waals surface area contributed by atoms with Gasteiger partial charge in [-0.15, -0.1) is 0 Å². The molecule has 0 aromatic carbocycles. The number of hydrogen-bond acceptors (Lipinski definition) is 0. The normalized spacial score (nSPS) is 16.6. The molecule has 0 atom stereocenters. The van der Waals surface area contributed by atoms with Gasteiger partial charge in [-0.05, 0) is 12.8 Å². The van der Waals surface area contributed by atoms with E-state index < -0.39 is 0 Å². The van der Waals surface area contributed by atoms with E-state index in [1.54, 1.807) is 11.1 Å². The molecule has 0 saturated carbocycles. The summed E-state index contributed by atoms with van der Waals surface area (Å²) in [5.41, 5.74) is 3.38. The van der Waals surface area contributed by atoms with Crippen molar-refractivity contribution in [2.75, 3.05) is 0 Å². The van der Waals surface area contributed by atoms with Crippen molar-refractivity contribution >= 4 is 0 Å². The molecule has 0 saturated heterocycles. The molecule has 0 bridgehead atoms. The summed E-state index contributed by atoms with van der Waals surface area (Å²) in [6.45, 7) is 4.51. The van der Waals surface area contributed by atoms with Crippen LogP contribution in [0.2, 0.25) is 0 Å². The molecule has 1 rings (SSSR count). The second-order valence-electron chi connectivity index (χ2n) is 3.04. The van der Waals surface area contributed by atoms with Crippen LogP contribution in [0.1, 0.15) is 46.0 Å². The smallest absolute Gasteiger partial charge is 0.0649 e. The highest BCUT2D eigenvalue weighted by molar-refractivity contribution is 5.34. The van der Waals surface area contributed by atoms with Crippen LogP contribution in [0.5, 0.6) is 0 Å². The minimum absolute atomic E-state index is 1.28. The molecular formula is C10H17+. The molecule has 0 radical (unpaired) electrons. The van der Waals surface area contributed by atoms with Crippen LogP contribution in [-0.4, -0.2) is 0 Å². The number of rotatable bonds is 4. The molecule has 0 aromatic rings. The van der Waals surface area contributed by atoms with Crippen LogP contribution in [0.15, 0.2) is 11.1 Å². The predicted molar refractivity (Wildman–Crippen MR) is 45.8 cm³/mol. The molecule has 1 aliphatic carbocycles. The van der Waals surface area contributed by atoms with E-state index in [-0.39, 0.29) is 0 Å². The quantitative estimate of drug-likeness (QED) is 0.520. The topological polar surface area (TPSA) is 0 Å². The first-order valence-electron chi connectivity index (χ1n) is 4.42. The Kier molecular flexibility index (Phi) is 2.85. The first-order valence-corrected chi connectivity index (χ1v) is 4.42. The van der Waals surface area contributed by atoms with Crippen LogP contribution in [0.4, 0.5) is 0 Å².